The summed E-state index contributed by atoms with van der Waals surface area (Å²) in [5.41, 5.74) is 0.365. The maximum absolute atomic E-state index is 12.1. The van der Waals surface area contributed by atoms with Gasteiger partial charge in [-0.2, -0.15) is 0 Å². The highest BCUT2D eigenvalue weighted by molar-refractivity contribution is 5.88. The predicted molar refractivity (Wildman–Crippen MR) is 78.3 cm³/mol. The van der Waals surface area contributed by atoms with Gasteiger partial charge in [-0.25, -0.2) is 4.79 Å². The lowest BCUT2D eigenvalue weighted by atomic mass is 9.75. The number of ether oxygens (including phenoxy) is 1. The van der Waals surface area contributed by atoms with Crippen molar-refractivity contribution in [2.45, 2.75) is 38.6 Å². The molecule has 0 radical (unpaired) electrons. The molecule has 0 spiro atoms. The average Bonchev–Trinajstić information content (AvgIpc) is 2.46. The van der Waals surface area contributed by atoms with E-state index in [4.69, 9.17) is 4.74 Å². The van der Waals surface area contributed by atoms with Gasteiger partial charge in [-0.1, -0.05) is 6.07 Å². The number of nitrogens with zero attached hydrogens (tertiary/aromatic N) is 1. The van der Waals surface area contributed by atoms with Gasteiger partial charge < -0.3 is 14.7 Å². The molecular weight excluding hydrogens is 270 g/mol. The zero-order valence-electron chi connectivity index (χ0n) is 12.7. The average molecular weight is 291 g/mol. The van der Waals surface area contributed by atoms with Crippen LogP contribution < -0.4 is 4.74 Å². The Morgan fingerprint density at radius 1 is 1.43 bits per heavy atom. The molecular formula is C16H21NO4. The van der Waals surface area contributed by atoms with Gasteiger partial charge >= 0.3 is 5.97 Å². The Morgan fingerprint density at radius 2 is 2.14 bits per heavy atom. The SMILES string of the molecule is CCN(C(C)=O)C1(C(=O)O)CCCc2ccc(OC)cc21. The van der Waals surface area contributed by atoms with Crippen molar-refractivity contribution in [3.8, 4) is 5.75 Å². The zero-order chi connectivity index (χ0) is 15.6. The minimum absolute atomic E-state index is 0.226. The quantitative estimate of drug-likeness (QED) is 0.923. The molecule has 0 aliphatic heterocycles. The number of methoxy groups -OCH3 is 1. The fourth-order valence-electron chi connectivity index (χ4n) is 3.33. The van der Waals surface area contributed by atoms with Crippen LogP contribution in [0.2, 0.25) is 0 Å². The van der Waals surface area contributed by atoms with Crippen LogP contribution in [0.3, 0.4) is 0 Å². The maximum Gasteiger partial charge on any atom is 0.334 e. The van der Waals surface area contributed by atoms with E-state index in [1.807, 2.05) is 12.1 Å². The molecule has 1 unspecified atom stereocenters. The molecule has 1 amide bonds. The normalized spacial score (nSPS) is 20.5. The van der Waals surface area contributed by atoms with E-state index in [9.17, 15) is 14.7 Å². The number of aryl methyl sites for hydroxylation is 1. The van der Waals surface area contributed by atoms with Crippen LogP contribution in [-0.2, 0) is 21.5 Å². The number of carbonyl (C=O) groups excluding carboxylic acids is 1. The topological polar surface area (TPSA) is 66.8 Å². The molecule has 1 aromatic carbocycles. The van der Waals surface area contributed by atoms with Gasteiger partial charge in [-0.05, 0) is 49.4 Å². The van der Waals surface area contributed by atoms with Crippen LogP contribution in [0.25, 0.3) is 0 Å². The summed E-state index contributed by atoms with van der Waals surface area (Å²) in [5.74, 6) is -0.592. The molecule has 5 heteroatoms. The van der Waals surface area contributed by atoms with Crippen LogP contribution in [0, 0.1) is 0 Å². The van der Waals surface area contributed by atoms with Crippen LogP contribution in [0.4, 0.5) is 0 Å². The number of carbonyl (C=O) groups is 2. The van der Waals surface area contributed by atoms with Crippen LogP contribution in [-0.4, -0.2) is 35.5 Å². The largest absolute Gasteiger partial charge is 0.497 e. The molecule has 1 atom stereocenters. The second-order valence-corrected chi connectivity index (χ2v) is 5.31. The first-order valence-electron chi connectivity index (χ1n) is 7.16. The van der Waals surface area contributed by atoms with Crippen molar-refractivity contribution in [2.24, 2.45) is 0 Å². The molecule has 1 aromatic rings. The molecule has 114 valence electrons. The van der Waals surface area contributed by atoms with Crippen molar-refractivity contribution in [3.05, 3.63) is 29.3 Å². The number of amides is 1. The second-order valence-electron chi connectivity index (χ2n) is 5.31. The van der Waals surface area contributed by atoms with E-state index in [-0.39, 0.29) is 5.91 Å². The van der Waals surface area contributed by atoms with Crippen molar-refractivity contribution < 1.29 is 19.4 Å². The molecule has 0 fully saturated rings. The Bertz CT molecular complexity index is 569. The Labute approximate surface area is 124 Å². The summed E-state index contributed by atoms with van der Waals surface area (Å²) in [5, 5.41) is 9.91. The lowest BCUT2D eigenvalue weighted by Gasteiger charge is -2.43. The number of rotatable bonds is 4. The van der Waals surface area contributed by atoms with Crippen LogP contribution >= 0.6 is 0 Å². The van der Waals surface area contributed by atoms with Gasteiger partial charge in [0.15, 0.2) is 5.54 Å². The number of fused-ring (bicyclic) bond motifs is 1. The lowest BCUT2D eigenvalue weighted by Crippen LogP contribution is -2.55. The van der Waals surface area contributed by atoms with E-state index in [2.05, 4.69) is 0 Å². The molecule has 21 heavy (non-hydrogen) atoms. The minimum Gasteiger partial charge on any atom is -0.497 e. The highest BCUT2D eigenvalue weighted by Gasteiger charge is 2.49. The van der Waals surface area contributed by atoms with Gasteiger partial charge in [0, 0.05) is 13.5 Å². The van der Waals surface area contributed by atoms with Crippen molar-refractivity contribution in [1.82, 2.24) is 4.90 Å². The molecule has 1 N–H and O–H groups in total. The summed E-state index contributed by atoms with van der Waals surface area (Å²) in [6.07, 6.45) is 2.00. The Balaban J connectivity index is 2.69. The molecule has 2 rings (SSSR count). The van der Waals surface area contributed by atoms with Gasteiger partial charge in [0.1, 0.15) is 5.75 Å². The fourth-order valence-corrected chi connectivity index (χ4v) is 3.33. The van der Waals surface area contributed by atoms with Gasteiger partial charge in [0.05, 0.1) is 7.11 Å². The summed E-state index contributed by atoms with van der Waals surface area (Å²) in [7, 11) is 1.55. The number of carboxylic acids is 1. The number of benzene rings is 1. The van der Waals surface area contributed by atoms with E-state index in [1.54, 1.807) is 20.1 Å². The summed E-state index contributed by atoms with van der Waals surface area (Å²) in [4.78, 5) is 25.5. The third kappa shape index (κ3) is 2.37. The van der Waals surface area contributed by atoms with Crippen LogP contribution in [0.5, 0.6) is 5.75 Å². The van der Waals surface area contributed by atoms with Gasteiger partial charge in [-0.3, -0.25) is 4.79 Å². The fraction of sp³-hybridized carbons (Fsp3) is 0.500. The lowest BCUT2D eigenvalue weighted by molar-refractivity contribution is -0.160. The smallest absolute Gasteiger partial charge is 0.334 e. The standard InChI is InChI=1S/C16H21NO4/c1-4-17(11(2)18)16(15(19)20)9-5-6-12-7-8-13(21-3)10-14(12)16/h7-8,10H,4-6,9H2,1-3H3,(H,19,20). The van der Waals surface area contributed by atoms with Gasteiger partial charge in [-0.15, -0.1) is 0 Å². The Morgan fingerprint density at radius 3 is 2.67 bits per heavy atom. The van der Waals surface area contributed by atoms with Gasteiger partial charge in [0.2, 0.25) is 5.91 Å². The van der Waals surface area contributed by atoms with Crippen LogP contribution in [0.1, 0.15) is 37.8 Å². The van der Waals surface area contributed by atoms with E-state index < -0.39 is 11.5 Å². The summed E-state index contributed by atoms with van der Waals surface area (Å²) >= 11 is 0. The van der Waals surface area contributed by atoms with E-state index in [0.717, 1.165) is 18.4 Å². The van der Waals surface area contributed by atoms with Crippen molar-refractivity contribution >= 4 is 11.9 Å². The highest BCUT2D eigenvalue weighted by Crippen LogP contribution is 2.42. The first-order valence-corrected chi connectivity index (χ1v) is 7.16. The van der Waals surface area contributed by atoms with E-state index in [0.29, 0.717) is 24.3 Å². The monoisotopic (exact) mass is 291 g/mol. The van der Waals surface area contributed by atoms with E-state index >= 15 is 0 Å². The molecule has 1 aliphatic carbocycles. The van der Waals surface area contributed by atoms with Crippen molar-refractivity contribution in [3.63, 3.8) is 0 Å². The van der Waals surface area contributed by atoms with Crippen molar-refractivity contribution in [2.75, 3.05) is 13.7 Å². The Kier molecular flexibility index (Phi) is 4.21. The van der Waals surface area contributed by atoms with E-state index in [1.165, 1.54) is 11.8 Å². The third-order valence-electron chi connectivity index (χ3n) is 4.26. The molecule has 0 bridgehead atoms. The molecule has 5 nitrogen and oxygen atoms in total. The second kappa shape index (κ2) is 5.76. The van der Waals surface area contributed by atoms with Crippen LogP contribution in [0.15, 0.2) is 18.2 Å². The number of carboxylic acid groups (broad SMARTS) is 1. The predicted octanol–water partition coefficient (Wildman–Crippen LogP) is 2.18. The number of aliphatic carboxylic acids is 1. The number of hydrogen-bond donors (Lipinski definition) is 1. The highest BCUT2D eigenvalue weighted by atomic mass is 16.5. The molecule has 1 aliphatic rings. The van der Waals surface area contributed by atoms with Crippen molar-refractivity contribution in [1.29, 1.82) is 0 Å². The Hall–Kier alpha value is -2.04. The molecule has 0 saturated heterocycles. The number of likely N-dealkylation sites (N-methyl/N-ethyl adjacent to an activating group) is 1. The molecule has 0 aromatic heterocycles. The summed E-state index contributed by atoms with van der Waals surface area (Å²) in [6.45, 7) is 3.58. The minimum atomic E-state index is -1.29. The summed E-state index contributed by atoms with van der Waals surface area (Å²) < 4.78 is 5.23. The molecule has 0 heterocycles. The van der Waals surface area contributed by atoms with Gasteiger partial charge in [0.25, 0.3) is 0 Å². The maximum atomic E-state index is 12.1. The summed E-state index contributed by atoms with van der Waals surface area (Å²) in [6, 6.07) is 5.49. The number of hydrogen-bond acceptors (Lipinski definition) is 3. The first kappa shape index (κ1) is 15.4. The zero-order valence-corrected chi connectivity index (χ0v) is 12.7. The molecule has 0 saturated carbocycles. The third-order valence-corrected chi connectivity index (χ3v) is 4.26. The first-order chi connectivity index (χ1) is 9.97.